The molecule has 1 amide bonds. The van der Waals surface area contributed by atoms with Crippen molar-refractivity contribution in [3.63, 3.8) is 0 Å². The van der Waals surface area contributed by atoms with Gasteiger partial charge in [0.1, 0.15) is 0 Å². The molecule has 0 radical (unpaired) electrons. The molecule has 16 heavy (non-hydrogen) atoms. The zero-order chi connectivity index (χ0) is 12.5. The van der Waals surface area contributed by atoms with Crippen molar-refractivity contribution in [1.82, 2.24) is 4.90 Å². The van der Waals surface area contributed by atoms with Gasteiger partial charge in [-0.2, -0.15) is 0 Å². The Kier molecular flexibility index (Phi) is 3.97. The number of nitrogens with two attached hydrogens (primary N) is 1. The molecule has 0 aliphatic carbocycles. The fourth-order valence-corrected chi connectivity index (χ4v) is 1.95. The van der Waals surface area contributed by atoms with E-state index < -0.39 is 6.04 Å². The fraction of sp³-hybridized carbons (Fsp3) is 0.917. The summed E-state index contributed by atoms with van der Waals surface area (Å²) in [6, 6.07) is -0.458. The van der Waals surface area contributed by atoms with Crippen molar-refractivity contribution in [2.24, 2.45) is 17.1 Å². The maximum absolute atomic E-state index is 12.1. The van der Waals surface area contributed by atoms with Gasteiger partial charge in [-0.1, -0.05) is 20.8 Å². The van der Waals surface area contributed by atoms with Crippen LogP contribution in [-0.4, -0.2) is 41.1 Å². The van der Waals surface area contributed by atoms with E-state index in [0.29, 0.717) is 6.54 Å². The van der Waals surface area contributed by atoms with Crippen LogP contribution in [0.5, 0.6) is 0 Å². The smallest absolute Gasteiger partial charge is 0.240 e. The second kappa shape index (κ2) is 4.72. The minimum absolute atomic E-state index is 0.00986. The normalized spacial score (nSPS) is 25.6. The number of carbonyl (C=O) groups is 1. The van der Waals surface area contributed by atoms with Crippen LogP contribution in [0.15, 0.2) is 0 Å². The van der Waals surface area contributed by atoms with Gasteiger partial charge in [0.2, 0.25) is 5.91 Å². The molecular weight excluding hydrogens is 204 g/mol. The van der Waals surface area contributed by atoms with Gasteiger partial charge in [-0.25, -0.2) is 0 Å². The Balaban J connectivity index is 2.58. The monoisotopic (exact) mass is 228 g/mol. The van der Waals surface area contributed by atoms with E-state index in [1.807, 2.05) is 20.8 Å². The first-order valence-electron chi connectivity index (χ1n) is 5.96. The van der Waals surface area contributed by atoms with Crippen molar-refractivity contribution in [3.8, 4) is 0 Å². The summed E-state index contributed by atoms with van der Waals surface area (Å²) >= 11 is 0. The van der Waals surface area contributed by atoms with Crippen molar-refractivity contribution in [2.75, 3.05) is 13.1 Å². The van der Waals surface area contributed by atoms with E-state index in [1.165, 1.54) is 0 Å². The van der Waals surface area contributed by atoms with E-state index >= 15 is 0 Å². The highest BCUT2D eigenvalue weighted by Gasteiger charge is 2.35. The van der Waals surface area contributed by atoms with Crippen molar-refractivity contribution >= 4 is 5.91 Å². The number of hydrogen-bond donors (Lipinski definition) is 2. The largest absolute Gasteiger partial charge is 0.393 e. The predicted molar refractivity (Wildman–Crippen MR) is 63.8 cm³/mol. The van der Waals surface area contributed by atoms with Gasteiger partial charge in [0, 0.05) is 19.0 Å². The van der Waals surface area contributed by atoms with Crippen molar-refractivity contribution in [1.29, 1.82) is 0 Å². The molecule has 1 aliphatic rings. The third-order valence-electron chi connectivity index (χ3n) is 3.42. The Labute approximate surface area is 97.8 Å². The standard InChI is InChI=1S/C12H24N2O2/c1-8(15)9-5-6-14(7-9)11(16)10(13)12(2,3)4/h8-10,15H,5-7,13H2,1-4H3. The summed E-state index contributed by atoms with van der Waals surface area (Å²) in [5.74, 6) is 0.215. The lowest BCUT2D eigenvalue weighted by atomic mass is 9.86. The molecule has 4 nitrogen and oxygen atoms in total. The van der Waals surface area contributed by atoms with Crippen molar-refractivity contribution < 1.29 is 9.90 Å². The molecule has 0 aromatic carbocycles. The van der Waals surface area contributed by atoms with Crippen LogP contribution in [-0.2, 0) is 4.79 Å². The predicted octanol–water partition coefficient (Wildman–Crippen LogP) is 0.589. The minimum atomic E-state index is -0.458. The lowest BCUT2D eigenvalue weighted by Crippen LogP contribution is -2.49. The second-order valence-corrected chi connectivity index (χ2v) is 5.92. The summed E-state index contributed by atoms with van der Waals surface area (Å²) in [6.07, 6.45) is 0.531. The van der Waals surface area contributed by atoms with Gasteiger partial charge in [-0.05, 0) is 18.8 Å². The molecule has 3 N–H and O–H groups in total. The van der Waals surface area contributed by atoms with Gasteiger partial charge in [0.15, 0.2) is 0 Å². The molecular formula is C12H24N2O2. The van der Waals surface area contributed by atoms with E-state index in [2.05, 4.69) is 0 Å². The van der Waals surface area contributed by atoms with Crippen LogP contribution in [0, 0.1) is 11.3 Å². The number of carbonyl (C=O) groups excluding carboxylic acids is 1. The average molecular weight is 228 g/mol. The molecule has 1 aliphatic heterocycles. The number of likely N-dealkylation sites (tertiary alicyclic amines) is 1. The SMILES string of the molecule is CC(O)C1CCN(C(=O)C(N)C(C)(C)C)C1. The van der Waals surface area contributed by atoms with Crippen LogP contribution in [0.1, 0.15) is 34.1 Å². The Bertz CT molecular complexity index is 258. The van der Waals surface area contributed by atoms with E-state index in [1.54, 1.807) is 11.8 Å². The Morgan fingerprint density at radius 1 is 1.50 bits per heavy atom. The second-order valence-electron chi connectivity index (χ2n) is 5.92. The lowest BCUT2D eigenvalue weighted by molar-refractivity contribution is -0.134. The van der Waals surface area contributed by atoms with Gasteiger partial charge in [0.05, 0.1) is 12.1 Å². The molecule has 1 heterocycles. The fourth-order valence-electron chi connectivity index (χ4n) is 1.95. The van der Waals surface area contributed by atoms with Crippen molar-refractivity contribution in [2.45, 2.75) is 46.3 Å². The number of aliphatic hydroxyl groups is 1. The number of amides is 1. The highest BCUT2D eigenvalue weighted by Crippen LogP contribution is 2.24. The summed E-state index contributed by atoms with van der Waals surface area (Å²) in [5.41, 5.74) is 5.73. The zero-order valence-corrected chi connectivity index (χ0v) is 10.7. The topological polar surface area (TPSA) is 66.6 Å². The molecule has 0 aromatic rings. The Morgan fingerprint density at radius 2 is 2.06 bits per heavy atom. The van der Waals surface area contributed by atoms with Gasteiger partial charge in [-0.3, -0.25) is 4.79 Å². The van der Waals surface area contributed by atoms with Gasteiger partial charge >= 0.3 is 0 Å². The van der Waals surface area contributed by atoms with E-state index in [-0.39, 0.29) is 23.3 Å². The van der Waals surface area contributed by atoms with Crippen LogP contribution in [0.3, 0.4) is 0 Å². The molecule has 0 bridgehead atoms. The highest BCUT2D eigenvalue weighted by atomic mass is 16.3. The summed E-state index contributed by atoms with van der Waals surface area (Å²) < 4.78 is 0. The Morgan fingerprint density at radius 3 is 2.44 bits per heavy atom. The van der Waals surface area contributed by atoms with E-state index in [4.69, 9.17) is 5.73 Å². The number of nitrogens with zero attached hydrogens (tertiary/aromatic N) is 1. The molecule has 1 fully saturated rings. The van der Waals surface area contributed by atoms with Gasteiger partial charge in [0.25, 0.3) is 0 Å². The van der Waals surface area contributed by atoms with Crippen LogP contribution < -0.4 is 5.73 Å². The third-order valence-corrected chi connectivity index (χ3v) is 3.42. The molecule has 3 unspecified atom stereocenters. The summed E-state index contributed by atoms with van der Waals surface area (Å²) in [4.78, 5) is 13.9. The van der Waals surface area contributed by atoms with Gasteiger partial charge in [-0.15, -0.1) is 0 Å². The quantitative estimate of drug-likeness (QED) is 0.727. The zero-order valence-electron chi connectivity index (χ0n) is 10.7. The maximum atomic E-state index is 12.1. The molecule has 4 heteroatoms. The van der Waals surface area contributed by atoms with Gasteiger partial charge < -0.3 is 15.7 Å². The first-order chi connectivity index (χ1) is 7.23. The van der Waals surface area contributed by atoms with E-state index in [9.17, 15) is 9.90 Å². The molecule has 94 valence electrons. The molecule has 3 atom stereocenters. The van der Waals surface area contributed by atoms with E-state index in [0.717, 1.165) is 13.0 Å². The first kappa shape index (κ1) is 13.5. The van der Waals surface area contributed by atoms with Crippen LogP contribution in [0.2, 0.25) is 0 Å². The summed E-state index contributed by atoms with van der Waals surface area (Å²) in [5, 5.41) is 9.48. The molecule has 0 spiro atoms. The molecule has 1 rings (SSSR count). The van der Waals surface area contributed by atoms with Crippen LogP contribution >= 0.6 is 0 Å². The third kappa shape index (κ3) is 2.95. The minimum Gasteiger partial charge on any atom is -0.393 e. The van der Waals surface area contributed by atoms with Crippen LogP contribution in [0.4, 0.5) is 0 Å². The van der Waals surface area contributed by atoms with Crippen LogP contribution in [0.25, 0.3) is 0 Å². The average Bonchev–Trinajstić information content (AvgIpc) is 2.62. The first-order valence-corrected chi connectivity index (χ1v) is 5.96. The van der Waals surface area contributed by atoms with Crippen molar-refractivity contribution in [3.05, 3.63) is 0 Å². The Hall–Kier alpha value is -0.610. The molecule has 0 aromatic heterocycles. The maximum Gasteiger partial charge on any atom is 0.240 e. The highest BCUT2D eigenvalue weighted by molar-refractivity contribution is 5.82. The molecule has 0 saturated carbocycles. The summed E-state index contributed by atoms with van der Waals surface area (Å²) in [6.45, 7) is 9.05. The number of aliphatic hydroxyl groups excluding tert-OH is 1. The summed E-state index contributed by atoms with van der Waals surface area (Å²) in [7, 11) is 0. The molecule has 1 saturated heterocycles. The number of hydrogen-bond acceptors (Lipinski definition) is 3. The lowest BCUT2D eigenvalue weighted by Gasteiger charge is -2.30. The number of rotatable bonds is 2.